The fourth-order valence-electron chi connectivity index (χ4n) is 2.80. The molecule has 1 aromatic carbocycles. The molecule has 2 aromatic rings. The molecule has 9 nitrogen and oxygen atoms in total. The first-order valence-corrected chi connectivity index (χ1v) is 11.3. The predicted octanol–water partition coefficient (Wildman–Crippen LogP) is 1.43. The minimum absolute atomic E-state index is 0.0213. The number of sulfone groups is 1. The molecule has 0 aliphatic carbocycles. The minimum atomic E-state index is -3.80. The molecule has 0 atom stereocenters. The second-order valence-electron chi connectivity index (χ2n) is 6.70. The molecule has 0 fully saturated rings. The van der Waals surface area contributed by atoms with Crippen LogP contribution in [-0.2, 0) is 21.2 Å². The minimum Gasteiger partial charge on any atom is -0.396 e. The molecule has 0 spiro atoms. The smallest absolute Gasteiger partial charge is 0.274 e. The predicted molar refractivity (Wildman–Crippen MR) is 114 cm³/mol. The largest absolute Gasteiger partial charge is 0.396 e. The summed E-state index contributed by atoms with van der Waals surface area (Å²) in [6.07, 6.45) is 0.814. The van der Waals surface area contributed by atoms with Crippen molar-refractivity contribution < 1.29 is 23.1 Å². The van der Waals surface area contributed by atoms with Crippen molar-refractivity contribution >= 4 is 39.6 Å². The SMILES string of the molecule is CCS(=O)(=O)c1nc(N(C)C=O)c(C(=O)N(C)CCCO)n1Cc1ccc(Cl)cc1. The number of halogens is 1. The number of aromatic nitrogens is 2. The van der Waals surface area contributed by atoms with Gasteiger partial charge in [-0.3, -0.25) is 9.59 Å². The molecule has 0 saturated heterocycles. The van der Waals surface area contributed by atoms with Crippen LogP contribution in [0.3, 0.4) is 0 Å². The monoisotopic (exact) mass is 456 g/mol. The molecule has 0 radical (unpaired) electrons. The zero-order valence-corrected chi connectivity index (χ0v) is 18.6. The first kappa shape index (κ1) is 23.8. The van der Waals surface area contributed by atoms with Crippen molar-refractivity contribution in [1.29, 1.82) is 0 Å². The van der Waals surface area contributed by atoms with Crippen LogP contribution in [-0.4, -0.2) is 73.3 Å². The van der Waals surface area contributed by atoms with E-state index in [2.05, 4.69) is 4.98 Å². The fourth-order valence-corrected chi connectivity index (χ4v) is 3.90. The van der Waals surface area contributed by atoms with Crippen LogP contribution in [0.5, 0.6) is 0 Å². The number of aliphatic hydroxyl groups excluding tert-OH is 1. The first-order valence-electron chi connectivity index (χ1n) is 9.28. The van der Waals surface area contributed by atoms with E-state index in [0.717, 1.165) is 4.90 Å². The Morgan fingerprint density at radius 1 is 1.27 bits per heavy atom. The Bertz CT molecular complexity index is 1000. The van der Waals surface area contributed by atoms with Crippen molar-refractivity contribution in [3.63, 3.8) is 0 Å². The molecule has 2 amide bonds. The average Bonchev–Trinajstić information content (AvgIpc) is 3.12. The number of hydrogen-bond donors (Lipinski definition) is 1. The van der Waals surface area contributed by atoms with Gasteiger partial charge in [-0.05, 0) is 24.1 Å². The quantitative estimate of drug-likeness (QED) is 0.541. The van der Waals surface area contributed by atoms with E-state index in [1.54, 1.807) is 24.3 Å². The van der Waals surface area contributed by atoms with Gasteiger partial charge in [0, 0.05) is 32.3 Å². The van der Waals surface area contributed by atoms with E-state index in [1.807, 2.05) is 0 Å². The van der Waals surface area contributed by atoms with Crippen LogP contribution in [0, 0.1) is 0 Å². The Kier molecular flexibility index (Phi) is 7.99. The molecule has 0 aliphatic heterocycles. The highest BCUT2D eigenvalue weighted by Gasteiger charge is 2.32. The summed E-state index contributed by atoms with van der Waals surface area (Å²) in [5.74, 6) is -0.777. The number of rotatable bonds is 10. The fraction of sp³-hybridized carbons (Fsp3) is 0.421. The average molecular weight is 457 g/mol. The van der Waals surface area contributed by atoms with Gasteiger partial charge in [0.25, 0.3) is 5.91 Å². The van der Waals surface area contributed by atoms with Crippen LogP contribution < -0.4 is 4.90 Å². The Labute approximate surface area is 180 Å². The van der Waals surface area contributed by atoms with Gasteiger partial charge in [-0.1, -0.05) is 30.7 Å². The highest BCUT2D eigenvalue weighted by molar-refractivity contribution is 7.91. The standard InChI is InChI=1S/C19H25ClN4O5S/c1-4-30(28,29)19-21-17(23(3)13-26)16(18(27)22(2)10-5-11-25)24(19)12-14-6-8-15(20)9-7-14/h6-9,13,25H,4-5,10-12H2,1-3H3. The van der Waals surface area contributed by atoms with Gasteiger partial charge in [-0.25, -0.2) is 8.42 Å². The highest BCUT2D eigenvalue weighted by atomic mass is 35.5. The molecule has 0 bridgehead atoms. The molecule has 0 unspecified atom stereocenters. The molecule has 1 heterocycles. The maximum absolute atomic E-state index is 13.2. The summed E-state index contributed by atoms with van der Waals surface area (Å²) in [6, 6.07) is 6.76. The number of hydrogen-bond acceptors (Lipinski definition) is 6. The topological polar surface area (TPSA) is 113 Å². The van der Waals surface area contributed by atoms with Gasteiger partial charge in [0.15, 0.2) is 11.5 Å². The van der Waals surface area contributed by atoms with Crippen LogP contribution in [0.4, 0.5) is 5.82 Å². The Hall–Kier alpha value is -2.43. The van der Waals surface area contributed by atoms with Crippen LogP contribution in [0.15, 0.2) is 29.4 Å². The number of anilines is 1. The Morgan fingerprint density at radius 3 is 2.43 bits per heavy atom. The van der Waals surface area contributed by atoms with Crippen LogP contribution >= 0.6 is 11.6 Å². The van der Waals surface area contributed by atoms with Crippen LogP contribution in [0.1, 0.15) is 29.4 Å². The molecule has 1 aromatic heterocycles. The summed E-state index contributed by atoms with van der Waals surface area (Å²) in [6.45, 7) is 1.68. The Balaban J connectivity index is 2.72. The van der Waals surface area contributed by atoms with E-state index >= 15 is 0 Å². The van der Waals surface area contributed by atoms with E-state index in [9.17, 15) is 18.0 Å². The molecule has 1 N–H and O–H groups in total. The summed E-state index contributed by atoms with van der Waals surface area (Å²) in [5.41, 5.74) is 0.684. The lowest BCUT2D eigenvalue weighted by atomic mass is 10.2. The van der Waals surface area contributed by atoms with Crippen molar-refractivity contribution in [3.05, 3.63) is 40.5 Å². The number of imidazole rings is 1. The van der Waals surface area contributed by atoms with E-state index in [1.165, 1.54) is 30.5 Å². The summed E-state index contributed by atoms with van der Waals surface area (Å²) < 4.78 is 26.8. The van der Waals surface area contributed by atoms with E-state index < -0.39 is 15.7 Å². The summed E-state index contributed by atoms with van der Waals surface area (Å²) in [7, 11) is -0.869. The van der Waals surface area contributed by atoms with Crippen LogP contribution in [0.25, 0.3) is 0 Å². The third kappa shape index (κ3) is 5.18. The number of amides is 2. The zero-order chi connectivity index (χ0) is 22.5. The molecule has 0 aliphatic rings. The lowest BCUT2D eigenvalue weighted by molar-refractivity contribution is -0.107. The number of carbonyl (C=O) groups is 2. The third-order valence-corrected chi connectivity index (χ3v) is 6.40. The number of carbonyl (C=O) groups excluding carboxylic acids is 2. The second kappa shape index (κ2) is 10.1. The summed E-state index contributed by atoms with van der Waals surface area (Å²) in [5, 5.41) is 9.29. The normalized spacial score (nSPS) is 11.4. The van der Waals surface area contributed by atoms with Crippen molar-refractivity contribution in [3.8, 4) is 0 Å². The molecule has 11 heteroatoms. The molecular formula is C19H25ClN4O5S. The maximum atomic E-state index is 13.2. The number of aliphatic hydroxyl groups is 1. The molecule has 164 valence electrons. The van der Waals surface area contributed by atoms with E-state index in [-0.39, 0.29) is 42.1 Å². The second-order valence-corrected chi connectivity index (χ2v) is 9.31. The summed E-state index contributed by atoms with van der Waals surface area (Å²) in [4.78, 5) is 31.2. The lowest BCUT2D eigenvalue weighted by Gasteiger charge is -2.20. The zero-order valence-electron chi connectivity index (χ0n) is 17.1. The maximum Gasteiger partial charge on any atom is 0.274 e. The first-order chi connectivity index (χ1) is 14.2. The van der Waals surface area contributed by atoms with Gasteiger partial charge in [-0.2, -0.15) is 4.98 Å². The van der Waals surface area contributed by atoms with Gasteiger partial charge in [-0.15, -0.1) is 0 Å². The van der Waals surface area contributed by atoms with E-state index in [4.69, 9.17) is 16.7 Å². The van der Waals surface area contributed by atoms with E-state index in [0.29, 0.717) is 23.4 Å². The lowest BCUT2D eigenvalue weighted by Crippen LogP contribution is -2.32. The Morgan fingerprint density at radius 2 is 1.90 bits per heavy atom. The van der Waals surface area contributed by atoms with Crippen molar-refractivity contribution in [2.75, 3.05) is 37.9 Å². The van der Waals surface area contributed by atoms with Gasteiger partial charge in [0.05, 0.1) is 12.3 Å². The van der Waals surface area contributed by atoms with Gasteiger partial charge in [0.2, 0.25) is 21.4 Å². The van der Waals surface area contributed by atoms with Gasteiger partial charge in [0.1, 0.15) is 0 Å². The molecule has 2 rings (SSSR count). The van der Waals surface area contributed by atoms with Crippen molar-refractivity contribution in [2.24, 2.45) is 0 Å². The third-order valence-electron chi connectivity index (χ3n) is 4.52. The van der Waals surface area contributed by atoms with Crippen molar-refractivity contribution in [1.82, 2.24) is 14.5 Å². The van der Waals surface area contributed by atoms with Gasteiger partial charge < -0.3 is 19.5 Å². The number of nitrogens with zero attached hydrogens (tertiary/aromatic N) is 4. The summed E-state index contributed by atoms with van der Waals surface area (Å²) >= 11 is 5.94. The number of benzene rings is 1. The van der Waals surface area contributed by atoms with Gasteiger partial charge >= 0.3 is 0 Å². The molecular weight excluding hydrogens is 432 g/mol. The molecule has 30 heavy (non-hydrogen) atoms. The molecule has 0 saturated carbocycles. The van der Waals surface area contributed by atoms with Crippen molar-refractivity contribution in [2.45, 2.75) is 25.0 Å². The highest BCUT2D eigenvalue weighted by Crippen LogP contribution is 2.27. The van der Waals surface area contributed by atoms with Crippen LogP contribution in [0.2, 0.25) is 5.02 Å².